The zero-order valence-electron chi connectivity index (χ0n) is 14.8. The van der Waals surface area contributed by atoms with E-state index in [9.17, 15) is 0 Å². The molecule has 0 atom stereocenters. The molecule has 0 fully saturated rings. The van der Waals surface area contributed by atoms with Gasteiger partial charge in [-0.15, -0.1) is 24.0 Å². The van der Waals surface area contributed by atoms with E-state index in [2.05, 4.69) is 33.1 Å². The van der Waals surface area contributed by atoms with Gasteiger partial charge >= 0.3 is 0 Å². The summed E-state index contributed by atoms with van der Waals surface area (Å²) in [5, 5.41) is 10.0. The average Bonchev–Trinajstić information content (AvgIpc) is 3.12. The number of aliphatic imine (C=N–C) groups is 1. The highest BCUT2D eigenvalue weighted by atomic mass is 127. The van der Waals surface area contributed by atoms with Gasteiger partial charge in [0.1, 0.15) is 0 Å². The Bertz CT molecular complexity index is 710. The summed E-state index contributed by atoms with van der Waals surface area (Å²) in [6.07, 6.45) is 1.000. The van der Waals surface area contributed by atoms with E-state index in [1.165, 1.54) is 0 Å². The second-order valence-corrected chi connectivity index (χ2v) is 5.69. The third kappa shape index (κ3) is 5.98. The number of halogens is 1. The summed E-state index contributed by atoms with van der Waals surface area (Å²) in [4.78, 5) is 4.25. The van der Waals surface area contributed by atoms with Crippen LogP contribution in [0.2, 0.25) is 0 Å². The molecule has 3 rings (SSSR count). The number of hydrogen-bond donors (Lipinski definition) is 3. The van der Waals surface area contributed by atoms with Crippen molar-refractivity contribution >= 4 is 35.6 Å². The van der Waals surface area contributed by atoms with Gasteiger partial charge in [0.15, 0.2) is 17.5 Å². The number of rotatable bonds is 7. The lowest BCUT2D eigenvalue weighted by Gasteiger charge is -2.12. The van der Waals surface area contributed by atoms with E-state index in [1.54, 1.807) is 7.05 Å². The monoisotopic (exact) mass is 468 g/mol. The minimum Gasteiger partial charge on any atom is -0.454 e. The summed E-state index contributed by atoms with van der Waals surface area (Å²) in [7, 11) is 1.77. The quantitative estimate of drug-likeness (QED) is 0.252. The van der Waals surface area contributed by atoms with Crippen molar-refractivity contribution in [2.45, 2.75) is 13.0 Å². The maximum absolute atomic E-state index is 5.40. The van der Waals surface area contributed by atoms with Gasteiger partial charge in [-0.25, -0.2) is 0 Å². The number of hydrogen-bond acceptors (Lipinski definition) is 4. The van der Waals surface area contributed by atoms with Crippen LogP contribution < -0.4 is 25.4 Å². The van der Waals surface area contributed by atoms with E-state index in [1.807, 2.05) is 36.4 Å². The SMILES string of the molecule is CN=C(NCCCNc1ccccc1)NCc1ccc2c(c1)OCO2.I. The Morgan fingerprint density at radius 1 is 1.00 bits per heavy atom. The molecule has 140 valence electrons. The molecule has 0 unspecified atom stereocenters. The van der Waals surface area contributed by atoms with E-state index in [0.29, 0.717) is 13.3 Å². The van der Waals surface area contributed by atoms with Crippen LogP contribution >= 0.6 is 24.0 Å². The highest BCUT2D eigenvalue weighted by molar-refractivity contribution is 14.0. The third-order valence-corrected chi connectivity index (χ3v) is 3.87. The maximum Gasteiger partial charge on any atom is 0.231 e. The molecule has 0 saturated heterocycles. The molecule has 2 aromatic rings. The predicted octanol–water partition coefficient (Wildman–Crippen LogP) is 3.20. The molecule has 0 bridgehead atoms. The van der Waals surface area contributed by atoms with Crippen LogP contribution in [0.25, 0.3) is 0 Å². The van der Waals surface area contributed by atoms with Crippen molar-refractivity contribution in [1.29, 1.82) is 0 Å². The molecule has 2 aromatic carbocycles. The number of fused-ring (bicyclic) bond motifs is 1. The lowest BCUT2D eigenvalue weighted by Crippen LogP contribution is -2.37. The van der Waals surface area contributed by atoms with Gasteiger partial charge in [0.2, 0.25) is 6.79 Å². The molecule has 3 N–H and O–H groups in total. The van der Waals surface area contributed by atoms with E-state index in [4.69, 9.17) is 9.47 Å². The molecule has 6 nitrogen and oxygen atoms in total. The fraction of sp³-hybridized carbons (Fsp3) is 0.316. The summed E-state index contributed by atoms with van der Waals surface area (Å²) >= 11 is 0. The van der Waals surface area contributed by atoms with Gasteiger partial charge < -0.3 is 25.4 Å². The Hall–Kier alpha value is -2.16. The molecule has 0 aliphatic carbocycles. The van der Waals surface area contributed by atoms with Crippen molar-refractivity contribution < 1.29 is 9.47 Å². The fourth-order valence-corrected chi connectivity index (χ4v) is 2.54. The summed E-state index contributed by atoms with van der Waals surface area (Å²) in [6.45, 7) is 2.74. The van der Waals surface area contributed by atoms with Crippen molar-refractivity contribution in [3.05, 3.63) is 54.1 Å². The average molecular weight is 468 g/mol. The Kier molecular flexibility index (Phi) is 8.33. The molecule has 0 aromatic heterocycles. The molecule has 0 radical (unpaired) electrons. The molecule has 1 aliphatic heterocycles. The Labute approximate surface area is 171 Å². The Balaban J connectivity index is 0.00000243. The molecule has 1 heterocycles. The lowest BCUT2D eigenvalue weighted by atomic mass is 10.2. The first-order valence-electron chi connectivity index (χ1n) is 8.47. The fourth-order valence-electron chi connectivity index (χ4n) is 2.54. The first-order valence-corrected chi connectivity index (χ1v) is 8.47. The number of benzene rings is 2. The van der Waals surface area contributed by atoms with Gasteiger partial charge in [0, 0.05) is 32.4 Å². The third-order valence-electron chi connectivity index (χ3n) is 3.87. The van der Waals surface area contributed by atoms with Crippen molar-refractivity contribution in [2.75, 3.05) is 32.2 Å². The number of nitrogens with zero attached hydrogens (tertiary/aromatic N) is 1. The number of anilines is 1. The highest BCUT2D eigenvalue weighted by Crippen LogP contribution is 2.32. The minimum absolute atomic E-state index is 0. The van der Waals surface area contributed by atoms with Crippen molar-refractivity contribution in [3.8, 4) is 11.5 Å². The topological polar surface area (TPSA) is 66.9 Å². The number of ether oxygens (including phenoxy) is 2. The molecular weight excluding hydrogens is 443 g/mol. The molecular formula is C19H25IN4O2. The first-order chi connectivity index (χ1) is 12.3. The Morgan fingerprint density at radius 3 is 2.62 bits per heavy atom. The van der Waals surface area contributed by atoms with Crippen molar-refractivity contribution in [1.82, 2.24) is 10.6 Å². The normalized spacial score (nSPS) is 12.3. The summed E-state index contributed by atoms with van der Waals surface area (Å²) in [5.41, 5.74) is 2.27. The minimum atomic E-state index is 0. The molecule has 0 saturated carbocycles. The summed E-state index contributed by atoms with van der Waals surface area (Å²) in [5.74, 6) is 2.39. The predicted molar refractivity (Wildman–Crippen MR) is 116 cm³/mol. The zero-order valence-corrected chi connectivity index (χ0v) is 17.2. The van der Waals surface area contributed by atoms with Crippen LogP contribution in [-0.2, 0) is 6.54 Å². The van der Waals surface area contributed by atoms with Gasteiger partial charge in [-0.2, -0.15) is 0 Å². The number of para-hydroxylation sites is 1. The van der Waals surface area contributed by atoms with Crippen LogP contribution in [0.5, 0.6) is 11.5 Å². The smallest absolute Gasteiger partial charge is 0.231 e. The van der Waals surface area contributed by atoms with Gasteiger partial charge in [-0.05, 0) is 36.2 Å². The molecule has 0 amide bonds. The van der Waals surface area contributed by atoms with E-state index in [-0.39, 0.29) is 24.0 Å². The Morgan fingerprint density at radius 2 is 1.81 bits per heavy atom. The molecule has 0 spiro atoms. The van der Waals surface area contributed by atoms with Crippen LogP contribution in [0, 0.1) is 0 Å². The maximum atomic E-state index is 5.40. The van der Waals surface area contributed by atoms with E-state index in [0.717, 1.165) is 48.2 Å². The standard InChI is InChI=1S/C19H24N4O2.HI/c1-20-19(22-11-5-10-21-16-6-3-2-4-7-16)23-13-15-8-9-17-18(12-15)25-14-24-17;/h2-4,6-9,12,21H,5,10-11,13-14H2,1H3,(H2,20,22,23);1H. The lowest BCUT2D eigenvalue weighted by molar-refractivity contribution is 0.174. The van der Waals surface area contributed by atoms with Crippen LogP contribution in [-0.4, -0.2) is 32.9 Å². The van der Waals surface area contributed by atoms with Gasteiger partial charge in [0.05, 0.1) is 0 Å². The number of nitrogens with one attached hydrogen (secondary N) is 3. The molecule has 26 heavy (non-hydrogen) atoms. The van der Waals surface area contributed by atoms with E-state index >= 15 is 0 Å². The van der Waals surface area contributed by atoms with Gasteiger partial charge in [-0.3, -0.25) is 4.99 Å². The first kappa shape index (κ1) is 20.2. The van der Waals surface area contributed by atoms with Crippen molar-refractivity contribution in [3.63, 3.8) is 0 Å². The van der Waals surface area contributed by atoms with Crippen LogP contribution in [0.3, 0.4) is 0 Å². The largest absolute Gasteiger partial charge is 0.454 e. The van der Waals surface area contributed by atoms with E-state index < -0.39 is 0 Å². The summed E-state index contributed by atoms with van der Waals surface area (Å²) in [6, 6.07) is 16.2. The summed E-state index contributed by atoms with van der Waals surface area (Å²) < 4.78 is 10.7. The van der Waals surface area contributed by atoms with Crippen molar-refractivity contribution in [2.24, 2.45) is 4.99 Å². The second-order valence-electron chi connectivity index (χ2n) is 5.69. The molecule has 7 heteroatoms. The highest BCUT2D eigenvalue weighted by Gasteiger charge is 2.13. The van der Waals surface area contributed by atoms with Crippen LogP contribution in [0.15, 0.2) is 53.5 Å². The second kappa shape index (κ2) is 10.7. The number of guanidine groups is 1. The van der Waals surface area contributed by atoms with Crippen LogP contribution in [0.4, 0.5) is 5.69 Å². The molecule has 1 aliphatic rings. The zero-order chi connectivity index (χ0) is 17.3. The van der Waals surface area contributed by atoms with Gasteiger partial charge in [-0.1, -0.05) is 24.3 Å². The van der Waals surface area contributed by atoms with Gasteiger partial charge in [0.25, 0.3) is 0 Å². The van der Waals surface area contributed by atoms with Crippen LogP contribution in [0.1, 0.15) is 12.0 Å².